The molecule has 0 bridgehead atoms. The smallest absolute Gasteiger partial charge is 0.313 e. The predicted octanol–water partition coefficient (Wildman–Crippen LogP) is 1.82. The Bertz CT molecular complexity index is 233. The van der Waals surface area contributed by atoms with Crippen molar-refractivity contribution in [2.45, 2.75) is 19.8 Å². The van der Waals surface area contributed by atoms with Crippen molar-refractivity contribution in [3.05, 3.63) is 0 Å². The number of aliphatic carboxylic acids is 1. The van der Waals surface area contributed by atoms with Crippen LogP contribution in [0.4, 0.5) is 0 Å². The number of carboxylic acid groups (broad SMARTS) is 1. The van der Waals surface area contributed by atoms with Crippen molar-refractivity contribution in [2.24, 2.45) is 5.92 Å². The van der Waals surface area contributed by atoms with E-state index in [9.17, 15) is 4.79 Å². The van der Waals surface area contributed by atoms with Crippen LogP contribution in [0.25, 0.3) is 0 Å². The van der Waals surface area contributed by atoms with E-state index in [-0.39, 0.29) is 5.75 Å². The lowest BCUT2D eigenvalue weighted by Gasteiger charge is -2.32. The Hall–Kier alpha value is -0.290. The van der Waals surface area contributed by atoms with Gasteiger partial charge in [0.25, 0.3) is 0 Å². The maximum atomic E-state index is 10.4. The molecule has 5 heteroatoms. The summed E-state index contributed by atoms with van der Waals surface area (Å²) in [4.78, 5) is 12.5. The van der Waals surface area contributed by atoms with Crippen molar-refractivity contribution in [1.82, 2.24) is 4.90 Å². The number of thiocarbonyl (C=S) groups is 1. The number of nitrogens with zero attached hydrogens (tertiary/aromatic N) is 1. The third-order valence-corrected chi connectivity index (χ3v) is 3.74. The van der Waals surface area contributed by atoms with Crippen LogP contribution in [0.15, 0.2) is 0 Å². The highest BCUT2D eigenvalue weighted by atomic mass is 32.2. The van der Waals surface area contributed by atoms with Crippen LogP contribution in [0.1, 0.15) is 19.8 Å². The molecule has 0 saturated carbocycles. The molecule has 3 nitrogen and oxygen atoms in total. The summed E-state index contributed by atoms with van der Waals surface area (Å²) in [6.45, 7) is 4.16. The van der Waals surface area contributed by atoms with Gasteiger partial charge in [0.2, 0.25) is 0 Å². The number of hydrogen-bond donors (Lipinski definition) is 1. The first-order valence-electron chi connectivity index (χ1n) is 4.73. The number of likely N-dealkylation sites (tertiary alicyclic amines) is 1. The molecule has 0 aliphatic carbocycles. The third-order valence-electron chi connectivity index (χ3n) is 2.23. The zero-order chi connectivity index (χ0) is 10.6. The van der Waals surface area contributed by atoms with Crippen LogP contribution >= 0.6 is 24.0 Å². The SMILES string of the molecule is C[C@H]1CCCN(C(=S)SCC(=O)O)C1. The number of hydrogen-bond acceptors (Lipinski definition) is 3. The van der Waals surface area contributed by atoms with Crippen molar-refractivity contribution < 1.29 is 9.90 Å². The molecule has 0 aromatic carbocycles. The molecule has 0 amide bonds. The van der Waals surface area contributed by atoms with Gasteiger partial charge in [-0.25, -0.2) is 0 Å². The molecule has 0 aromatic rings. The van der Waals surface area contributed by atoms with E-state index in [1.54, 1.807) is 0 Å². The molecule has 0 spiro atoms. The van der Waals surface area contributed by atoms with E-state index in [1.165, 1.54) is 18.2 Å². The first-order chi connectivity index (χ1) is 6.59. The van der Waals surface area contributed by atoms with Crippen molar-refractivity contribution in [2.75, 3.05) is 18.8 Å². The van der Waals surface area contributed by atoms with Crippen LogP contribution in [-0.4, -0.2) is 39.1 Å². The van der Waals surface area contributed by atoms with Gasteiger partial charge in [-0.05, 0) is 18.8 Å². The molecule has 0 aromatic heterocycles. The summed E-state index contributed by atoms with van der Waals surface area (Å²) in [6.07, 6.45) is 2.41. The largest absolute Gasteiger partial charge is 0.481 e. The van der Waals surface area contributed by atoms with Crippen LogP contribution in [0.3, 0.4) is 0 Å². The zero-order valence-electron chi connectivity index (χ0n) is 8.23. The Kier molecular flexibility index (Phi) is 4.68. The molecular weight excluding hydrogens is 218 g/mol. The van der Waals surface area contributed by atoms with Gasteiger partial charge in [0.15, 0.2) is 0 Å². The van der Waals surface area contributed by atoms with E-state index in [4.69, 9.17) is 17.3 Å². The molecule has 1 heterocycles. The third kappa shape index (κ3) is 3.84. The van der Waals surface area contributed by atoms with Crippen molar-refractivity contribution in [1.29, 1.82) is 0 Å². The van der Waals surface area contributed by atoms with Crippen molar-refractivity contribution in [3.63, 3.8) is 0 Å². The zero-order valence-corrected chi connectivity index (χ0v) is 9.87. The molecule has 14 heavy (non-hydrogen) atoms. The monoisotopic (exact) mass is 233 g/mol. The van der Waals surface area contributed by atoms with Crippen molar-refractivity contribution >= 4 is 34.3 Å². The normalized spacial score (nSPS) is 22.1. The number of carbonyl (C=O) groups is 1. The standard InChI is InChI=1S/C9H15NO2S2/c1-7-3-2-4-10(5-7)9(13)14-6-8(11)12/h7H,2-6H2,1H3,(H,11,12)/t7-/m0/s1. The summed E-state index contributed by atoms with van der Waals surface area (Å²) in [5.41, 5.74) is 0. The fourth-order valence-electron chi connectivity index (χ4n) is 1.57. The van der Waals surface area contributed by atoms with Crippen LogP contribution in [-0.2, 0) is 4.79 Å². The van der Waals surface area contributed by atoms with E-state index in [0.29, 0.717) is 5.92 Å². The van der Waals surface area contributed by atoms with E-state index in [1.807, 2.05) is 0 Å². The van der Waals surface area contributed by atoms with Gasteiger partial charge in [0.05, 0.1) is 5.75 Å². The van der Waals surface area contributed by atoms with Crippen LogP contribution < -0.4 is 0 Å². The minimum absolute atomic E-state index is 0.0731. The molecule has 1 aliphatic heterocycles. The lowest BCUT2D eigenvalue weighted by atomic mass is 10.0. The van der Waals surface area contributed by atoms with Gasteiger partial charge in [-0.15, -0.1) is 0 Å². The molecule has 1 fully saturated rings. The Balaban J connectivity index is 2.32. The second-order valence-electron chi connectivity index (χ2n) is 3.64. The van der Waals surface area contributed by atoms with Gasteiger partial charge in [-0.1, -0.05) is 30.9 Å². The van der Waals surface area contributed by atoms with E-state index in [0.717, 1.165) is 23.8 Å². The molecule has 1 aliphatic rings. The average Bonchev–Trinajstić information content (AvgIpc) is 2.14. The minimum atomic E-state index is -0.803. The fourth-order valence-corrected chi connectivity index (χ4v) is 2.51. The van der Waals surface area contributed by atoms with Gasteiger partial charge < -0.3 is 10.0 Å². The van der Waals surface area contributed by atoms with Crippen LogP contribution in [0.5, 0.6) is 0 Å². The highest BCUT2D eigenvalue weighted by molar-refractivity contribution is 8.23. The van der Waals surface area contributed by atoms with E-state index >= 15 is 0 Å². The lowest BCUT2D eigenvalue weighted by molar-refractivity contribution is -0.133. The average molecular weight is 233 g/mol. The fraction of sp³-hybridized carbons (Fsp3) is 0.778. The molecule has 0 radical (unpaired) electrons. The Labute approximate surface area is 93.9 Å². The Morgan fingerprint density at radius 3 is 3.00 bits per heavy atom. The molecule has 1 atom stereocenters. The first-order valence-corrected chi connectivity index (χ1v) is 6.12. The summed E-state index contributed by atoms with van der Waals surface area (Å²) in [7, 11) is 0. The second-order valence-corrected chi connectivity index (χ2v) is 5.25. The number of piperidine rings is 1. The summed E-state index contributed by atoms with van der Waals surface area (Å²) >= 11 is 6.42. The van der Waals surface area contributed by atoms with Gasteiger partial charge in [0, 0.05) is 13.1 Å². The topological polar surface area (TPSA) is 40.5 Å². The molecule has 0 unspecified atom stereocenters. The van der Waals surface area contributed by atoms with E-state index in [2.05, 4.69) is 11.8 Å². The lowest BCUT2D eigenvalue weighted by Crippen LogP contribution is -2.37. The second kappa shape index (κ2) is 5.56. The summed E-state index contributed by atoms with van der Waals surface area (Å²) in [5, 5.41) is 8.51. The predicted molar refractivity (Wildman–Crippen MR) is 62.7 cm³/mol. The number of rotatable bonds is 2. The molecule has 1 saturated heterocycles. The van der Waals surface area contributed by atoms with Gasteiger partial charge in [0.1, 0.15) is 4.32 Å². The van der Waals surface area contributed by atoms with Gasteiger partial charge >= 0.3 is 5.97 Å². The number of thioether (sulfide) groups is 1. The van der Waals surface area contributed by atoms with Gasteiger partial charge in [-0.3, -0.25) is 4.79 Å². The molecular formula is C9H15NO2S2. The minimum Gasteiger partial charge on any atom is -0.481 e. The molecule has 1 rings (SSSR count). The Morgan fingerprint density at radius 1 is 1.71 bits per heavy atom. The first kappa shape index (κ1) is 11.8. The molecule has 1 N–H and O–H groups in total. The maximum Gasteiger partial charge on any atom is 0.313 e. The summed E-state index contributed by atoms with van der Waals surface area (Å²) < 4.78 is 0.735. The van der Waals surface area contributed by atoms with E-state index < -0.39 is 5.97 Å². The van der Waals surface area contributed by atoms with Crippen molar-refractivity contribution in [3.8, 4) is 0 Å². The summed E-state index contributed by atoms with van der Waals surface area (Å²) in [5.74, 6) is -0.0569. The summed E-state index contributed by atoms with van der Waals surface area (Å²) in [6, 6.07) is 0. The highest BCUT2D eigenvalue weighted by Gasteiger charge is 2.18. The van der Waals surface area contributed by atoms with Gasteiger partial charge in [-0.2, -0.15) is 0 Å². The van der Waals surface area contributed by atoms with Crippen LogP contribution in [0, 0.1) is 5.92 Å². The maximum absolute atomic E-state index is 10.4. The number of carboxylic acids is 1. The molecule has 80 valence electrons. The highest BCUT2D eigenvalue weighted by Crippen LogP contribution is 2.19. The Morgan fingerprint density at radius 2 is 2.43 bits per heavy atom. The quantitative estimate of drug-likeness (QED) is 0.737. The van der Waals surface area contributed by atoms with Crippen LogP contribution in [0.2, 0.25) is 0 Å².